The fourth-order valence-corrected chi connectivity index (χ4v) is 2.04. The molecule has 1 N–H and O–H groups in total. The van der Waals surface area contributed by atoms with E-state index in [1.807, 2.05) is 13.8 Å². The molecule has 3 nitrogen and oxygen atoms in total. The third-order valence-corrected chi connectivity index (χ3v) is 2.92. The predicted molar refractivity (Wildman–Crippen MR) is 68.8 cm³/mol. The lowest BCUT2D eigenvalue weighted by molar-refractivity contribution is -0.139. The summed E-state index contributed by atoms with van der Waals surface area (Å²) in [4.78, 5) is 12.5. The summed E-state index contributed by atoms with van der Waals surface area (Å²) < 4.78 is 27.0. The Kier molecular flexibility index (Phi) is 5.42. The lowest BCUT2D eigenvalue weighted by Gasteiger charge is -2.29. The van der Waals surface area contributed by atoms with Crippen molar-refractivity contribution in [3.05, 3.63) is 35.4 Å². The number of carbonyl (C=O) groups is 1. The molecule has 19 heavy (non-hydrogen) atoms. The number of aliphatic carboxylic acids is 1. The van der Waals surface area contributed by atoms with Gasteiger partial charge in [-0.15, -0.1) is 0 Å². The first-order valence-electron chi connectivity index (χ1n) is 6.22. The van der Waals surface area contributed by atoms with Crippen LogP contribution in [0.5, 0.6) is 0 Å². The molecule has 0 amide bonds. The molecule has 5 heteroatoms. The highest BCUT2D eigenvalue weighted by atomic mass is 19.2. The van der Waals surface area contributed by atoms with Crippen LogP contribution >= 0.6 is 0 Å². The zero-order chi connectivity index (χ0) is 14.6. The molecule has 0 aromatic heterocycles. The Morgan fingerprint density at radius 2 is 1.95 bits per heavy atom. The summed E-state index contributed by atoms with van der Waals surface area (Å²) in [7, 11) is 0. The normalized spacial score (nSPS) is 13.0. The van der Waals surface area contributed by atoms with Gasteiger partial charge in [0, 0.05) is 18.2 Å². The van der Waals surface area contributed by atoms with Gasteiger partial charge in [0.15, 0.2) is 11.6 Å². The average molecular weight is 271 g/mol. The summed E-state index contributed by atoms with van der Waals surface area (Å²) in [6, 6.07) is 3.47. The fourth-order valence-electron chi connectivity index (χ4n) is 2.04. The molecule has 0 fully saturated rings. The second-order valence-electron chi connectivity index (χ2n) is 5.04. The highest BCUT2D eigenvalue weighted by Crippen LogP contribution is 2.25. The maximum Gasteiger partial charge on any atom is 0.317 e. The van der Waals surface area contributed by atoms with Crippen LogP contribution in [-0.4, -0.2) is 29.1 Å². The molecule has 1 aromatic carbocycles. The Balaban J connectivity index is 3.00. The fraction of sp³-hybridized carbons (Fsp3) is 0.500. The first-order chi connectivity index (χ1) is 8.82. The van der Waals surface area contributed by atoms with Gasteiger partial charge in [-0.25, -0.2) is 8.78 Å². The second-order valence-corrected chi connectivity index (χ2v) is 5.04. The Morgan fingerprint density at radius 1 is 1.32 bits per heavy atom. The van der Waals surface area contributed by atoms with Crippen LogP contribution in [0, 0.1) is 17.6 Å². The SMILES string of the molecule is CC(C)CN(CC(=O)O)C(C)c1cccc(F)c1F. The summed E-state index contributed by atoms with van der Waals surface area (Å²) in [5, 5.41) is 8.91. The number of halogens is 2. The molecule has 106 valence electrons. The van der Waals surface area contributed by atoms with Gasteiger partial charge < -0.3 is 5.11 Å². The molecule has 0 saturated carbocycles. The van der Waals surface area contributed by atoms with Crippen LogP contribution in [0.1, 0.15) is 32.4 Å². The van der Waals surface area contributed by atoms with Gasteiger partial charge in [0.2, 0.25) is 0 Å². The summed E-state index contributed by atoms with van der Waals surface area (Å²) in [6.07, 6.45) is 0. The van der Waals surface area contributed by atoms with Crippen molar-refractivity contribution in [2.45, 2.75) is 26.8 Å². The molecule has 0 heterocycles. The van der Waals surface area contributed by atoms with E-state index >= 15 is 0 Å². The van der Waals surface area contributed by atoms with Gasteiger partial charge in [0.25, 0.3) is 0 Å². The summed E-state index contributed by atoms with van der Waals surface area (Å²) in [5.41, 5.74) is 0.182. The number of hydrogen-bond donors (Lipinski definition) is 1. The minimum atomic E-state index is -0.982. The van der Waals surface area contributed by atoms with Crippen molar-refractivity contribution in [2.75, 3.05) is 13.1 Å². The van der Waals surface area contributed by atoms with Crippen molar-refractivity contribution in [3.8, 4) is 0 Å². The van der Waals surface area contributed by atoms with Gasteiger partial charge >= 0.3 is 5.97 Å². The van der Waals surface area contributed by atoms with Crippen molar-refractivity contribution >= 4 is 5.97 Å². The Morgan fingerprint density at radius 3 is 2.47 bits per heavy atom. The monoisotopic (exact) mass is 271 g/mol. The Bertz CT molecular complexity index is 449. The van der Waals surface area contributed by atoms with Crippen molar-refractivity contribution < 1.29 is 18.7 Å². The van der Waals surface area contributed by atoms with Crippen molar-refractivity contribution in [1.29, 1.82) is 0 Å². The third-order valence-electron chi connectivity index (χ3n) is 2.92. The van der Waals surface area contributed by atoms with E-state index in [0.717, 1.165) is 6.07 Å². The van der Waals surface area contributed by atoms with E-state index in [1.165, 1.54) is 12.1 Å². The van der Waals surface area contributed by atoms with Gasteiger partial charge in [-0.05, 0) is 18.9 Å². The molecule has 1 aromatic rings. The zero-order valence-corrected chi connectivity index (χ0v) is 11.4. The number of carboxylic acids is 1. The van der Waals surface area contributed by atoms with Crippen LogP contribution in [0.15, 0.2) is 18.2 Å². The minimum absolute atomic E-state index is 0.182. The maximum absolute atomic E-state index is 13.7. The number of hydrogen-bond acceptors (Lipinski definition) is 2. The first-order valence-corrected chi connectivity index (χ1v) is 6.22. The van der Waals surface area contributed by atoms with E-state index in [-0.39, 0.29) is 18.0 Å². The molecular weight excluding hydrogens is 252 g/mol. The second kappa shape index (κ2) is 6.61. The third kappa shape index (κ3) is 4.28. The van der Waals surface area contributed by atoms with Crippen LogP contribution < -0.4 is 0 Å². The van der Waals surface area contributed by atoms with Crippen LogP contribution in [0.2, 0.25) is 0 Å². The number of nitrogens with zero attached hydrogens (tertiary/aromatic N) is 1. The summed E-state index contributed by atoms with van der Waals surface area (Å²) in [5.74, 6) is -2.57. The first kappa shape index (κ1) is 15.6. The number of benzene rings is 1. The molecule has 1 rings (SSSR count). The molecule has 1 unspecified atom stereocenters. The lowest BCUT2D eigenvalue weighted by Crippen LogP contribution is -2.35. The highest BCUT2D eigenvalue weighted by Gasteiger charge is 2.23. The van der Waals surface area contributed by atoms with Gasteiger partial charge in [-0.1, -0.05) is 26.0 Å². The molecule has 0 spiro atoms. The Labute approximate surface area is 111 Å². The quantitative estimate of drug-likeness (QED) is 0.864. The van der Waals surface area contributed by atoms with E-state index in [9.17, 15) is 13.6 Å². The smallest absolute Gasteiger partial charge is 0.317 e. The van der Waals surface area contributed by atoms with Gasteiger partial charge in [-0.2, -0.15) is 0 Å². The zero-order valence-electron chi connectivity index (χ0n) is 11.4. The van der Waals surface area contributed by atoms with Crippen LogP contribution in [0.4, 0.5) is 8.78 Å². The number of carboxylic acid groups (broad SMARTS) is 1. The summed E-state index contributed by atoms with van der Waals surface area (Å²) in [6.45, 7) is 5.88. The Hall–Kier alpha value is -1.49. The van der Waals surface area contributed by atoms with Crippen LogP contribution in [-0.2, 0) is 4.79 Å². The molecule has 0 radical (unpaired) electrons. The topological polar surface area (TPSA) is 40.5 Å². The molecule has 0 aliphatic carbocycles. The van der Waals surface area contributed by atoms with E-state index in [2.05, 4.69) is 0 Å². The largest absolute Gasteiger partial charge is 0.480 e. The molecule has 0 aliphatic heterocycles. The summed E-state index contributed by atoms with van der Waals surface area (Å²) >= 11 is 0. The van der Waals surface area contributed by atoms with E-state index in [0.29, 0.717) is 6.54 Å². The maximum atomic E-state index is 13.7. The highest BCUT2D eigenvalue weighted by molar-refractivity contribution is 5.69. The average Bonchev–Trinajstić information content (AvgIpc) is 2.30. The van der Waals surface area contributed by atoms with Crippen LogP contribution in [0.3, 0.4) is 0 Å². The minimum Gasteiger partial charge on any atom is -0.480 e. The van der Waals surface area contributed by atoms with Crippen LogP contribution in [0.25, 0.3) is 0 Å². The van der Waals surface area contributed by atoms with E-state index in [4.69, 9.17) is 5.11 Å². The molecule has 1 atom stereocenters. The lowest BCUT2D eigenvalue weighted by atomic mass is 10.0. The van der Waals surface area contributed by atoms with E-state index < -0.39 is 23.6 Å². The van der Waals surface area contributed by atoms with Crippen molar-refractivity contribution in [1.82, 2.24) is 4.90 Å². The van der Waals surface area contributed by atoms with Gasteiger partial charge in [0.1, 0.15) is 0 Å². The van der Waals surface area contributed by atoms with Crippen molar-refractivity contribution in [3.63, 3.8) is 0 Å². The van der Waals surface area contributed by atoms with Gasteiger partial charge in [0.05, 0.1) is 6.54 Å². The molecule has 0 bridgehead atoms. The van der Waals surface area contributed by atoms with Crippen molar-refractivity contribution in [2.24, 2.45) is 5.92 Å². The van der Waals surface area contributed by atoms with E-state index in [1.54, 1.807) is 11.8 Å². The number of rotatable bonds is 6. The standard InChI is InChI=1S/C14H19F2NO2/c1-9(2)7-17(8-13(18)19)10(3)11-5-4-6-12(15)14(11)16/h4-6,9-10H,7-8H2,1-3H3,(H,18,19). The predicted octanol–water partition coefficient (Wildman–Crippen LogP) is 3.07. The molecule has 0 saturated heterocycles. The van der Waals surface area contributed by atoms with Gasteiger partial charge in [-0.3, -0.25) is 9.69 Å². The molecular formula is C14H19F2NO2. The molecule has 0 aliphatic rings.